The molecule has 0 aromatic heterocycles. The minimum atomic E-state index is -2.83. The van der Waals surface area contributed by atoms with Crippen LogP contribution < -0.4 is 5.32 Å². The number of sulfone groups is 1. The first-order valence-electron chi connectivity index (χ1n) is 6.55. The van der Waals surface area contributed by atoms with Gasteiger partial charge in [0.15, 0.2) is 0 Å². The Hall–Kier alpha value is -0.0900. The second kappa shape index (κ2) is 5.27. The predicted molar refractivity (Wildman–Crippen MR) is 73.0 cm³/mol. The third-order valence-electron chi connectivity index (χ3n) is 3.66. The predicted octanol–water partition coefficient (Wildman–Crippen LogP) is 2.37. The van der Waals surface area contributed by atoms with Crippen LogP contribution in [0.3, 0.4) is 0 Å². The first-order valence-corrected chi connectivity index (χ1v) is 8.61. The largest absolute Gasteiger partial charge is 0.312 e. The Morgan fingerprint density at radius 1 is 1.18 bits per heavy atom. The molecule has 4 heteroatoms. The van der Waals surface area contributed by atoms with Crippen LogP contribution in [0.4, 0.5) is 0 Å². The Morgan fingerprint density at radius 2 is 1.71 bits per heavy atom. The molecule has 0 aromatic rings. The lowest BCUT2D eigenvalue weighted by atomic mass is 9.82. The molecule has 1 aliphatic carbocycles. The minimum Gasteiger partial charge on any atom is -0.312 e. The second-order valence-corrected chi connectivity index (χ2v) is 8.95. The van der Waals surface area contributed by atoms with Crippen LogP contribution in [-0.2, 0) is 9.84 Å². The molecule has 1 rings (SSSR count). The molecule has 0 amide bonds. The molecule has 1 N–H and O–H groups in total. The molecule has 0 aromatic carbocycles. The summed E-state index contributed by atoms with van der Waals surface area (Å²) in [5.74, 6) is 0.332. The summed E-state index contributed by atoms with van der Waals surface area (Å²) in [6.07, 6.45) is 6.99. The van der Waals surface area contributed by atoms with E-state index in [2.05, 4.69) is 26.1 Å². The van der Waals surface area contributed by atoms with Gasteiger partial charge in [0.2, 0.25) is 0 Å². The maximum atomic E-state index is 11.3. The van der Waals surface area contributed by atoms with Crippen LogP contribution >= 0.6 is 0 Å². The van der Waals surface area contributed by atoms with Gasteiger partial charge in [0.1, 0.15) is 9.84 Å². The first kappa shape index (κ1) is 15.0. The molecule has 0 radical (unpaired) electrons. The van der Waals surface area contributed by atoms with E-state index < -0.39 is 9.84 Å². The van der Waals surface area contributed by atoms with E-state index in [9.17, 15) is 8.42 Å². The van der Waals surface area contributed by atoms with Crippen LogP contribution in [-0.4, -0.2) is 32.5 Å². The summed E-state index contributed by atoms with van der Waals surface area (Å²) in [4.78, 5) is 0. The molecule has 0 aliphatic heterocycles. The molecule has 0 heterocycles. The Morgan fingerprint density at radius 3 is 2.12 bits per heavy atom. The van der Waals surface area contributed by atoms with Gasteiger partial charge >= 0.3 is 0 Å². The monoisotopic (exact) mass is 261 g/mol. The van der Waals surface area contributed by atoms with Crippen molar-refractivity contribution in [2.24, 2.45) is 5.41 Å². The molecule has 0 saturated heterocycles. The van der Waals surface area contributed by atoms with Crippen molar-refractivity contribution in [3.63, 3.8) is 0 Å². The summed E-state index contributed by atoms with van der Waals surface area (Å²) in [6, 6.07) is 0. The molecule has 0 unspecified atom stereocenters. The van der Waals surface area contributed by atoms with Gasteiger partial charge in [0.05, 0.1) is 5.75 Å². The molecule has 17 heavy (non-hydrogen) atoms. The van der Waals surface area contributed by atoms with Crippen molar-refractivity contribution in [3.8, 4) is 0 Å². The standard InChI is InChI=1S/C13H27NO2S/c1-12(2,3)14-11-13(7-5-6-8-13)9-10-17(4,15)16/h14H,5-11H2,1-4H3. The lowest BCUT2D eigenvalue weighted by Gasteiger charge is -2.33. The fourth-order valence-electron chi connectivity index (χ4n) is 2.49. The Bertz CT molecular complexity index is 335. The molecule has 0 bridgehead atoms. The zero-order chi connectivity index (χ0) is 13.2. The summed E-state index contributed by atoms with van der Waals surface area (Å²) in [5.41, 5.74) is 0.330. The van der Waals surface area contributed by atoms with Gasteiger partial charge in [0.25, 0.3) is 0 Å². The molecular formula is C13H27NO2S. The van der Waals surface area contributed by atoms with Crippen molar-refractivity contribution in [3.05, 3.63) is 0 Å². The number of nitrogens with one attached hydrogen (secondary N) is 1. The Kier molecular flexibility index (Phi) is 4.64. The van der Waals surface area contributed by atoms with Crippen LogP contribution in [0.2, 0.25) is 0 Å². The third kappa shape index (κ3) is 5.87. The lowest BCUT2D eigenvalue weighted by Crippen LogP contribution is -2.43. The molecule has 1 aliphatic rings. The Balaban J connectivity index is 2.57. The van der Waals surface area contributed by atoms with E-state index in [0.717, 1.165) is 13.0 Å². The maximum Gasteiger partial charge on any atom is 0.147 e. The van der Waals surface area contributed by atoms with Crippen molar-refractivity contribution in [2.75, 3.05) is 18.6 Å². The zero-order valence-electron chi connectivity index (χ0n) is 11.7. The van der Waals surface area contributed by atoms with Crippen molar-refractivity contribution in [2.45, 2.75) is 58.4 Å². The summed E-state index contributed by atoms with van der Waals surface area (Å²) in [7, 11) is -2.83. The average Bonchev–Trinajstić information content (AvgIpc) is 2.59. The SMILES string of the molecule is CC(C)(C)NCC1(CCS(C)(=O)=O)CCCC1. The highest BCUT2D eigenvalue weighted by molar-refractivity contribution is 7.90. The maximum absolute atomic E-state index is 11.3. The van der Waals surface area contributed by atoms with Gasteiger partial charge < -0.3 is 5.32 Å². The van der Waals surface area contributed by atoms with Gasteiger partial charge in [-0.05, 0) is 45.4 Å². The summed E-state index contributed by atoms with van der Waals surface area (Å²) < 4.78 is 22.6. The first-order chi connectivity index (χ1) is 7.62. The molecule has 0 atom stereocenters. The van der Waals surface area contributed by atoms with Crippen LogP contribution in [0.1, 0.15) is 52.9 Å². The van der Waals surface area contributed by atoms with Gasteiger partial charge in [-0.25, -0.2) is 8.42 Å². The molecular weight excluding hydrogens is 234 g/mol. The van der Waals surface area contributed by atoms with E-state index in [1.54, 1.807) is 0 Å². The number of hydrogen-bond acceptors (Lipinski definition) is 3. The van der Waals surface area contributed by atoms with Gasteiger partial charge in [-0.3, -0.25) is 0 Å². The van der Waals surface area contributed by atoms with E-state index in [4.69, 9.17) is 0 Å². The summed E-state index contributed by atoms with van der Waals surface area (Å²) in [5, 5.41) is 3.55. The van der Waals surface area contributed by atoms with Crippen molar-refractivity contribution in [1.29, 1.82) is 0 Å². The highest BCUT2D eigenvalue weighted by Crippen LogP contribution is 2.41. The molecule has 1 saturated carbocycles. The highest BCUT2D eigenvalue weighted by atomic mass is 32.2. The van der Waals surface area contributed by atoms with Gasteiger partial charge in [-0.15, -0.1) is 0 Å². The Labute approximate surface area is 106 Å². The third-order valence-corrected chi connectivity index (χ3v) is 4.61. The van der Waals surface area contributed by atoms with E-state index in [1.165, 1.54) is 31.9 Å². The van der Waals surface area contributed by atoms with Gasteiger partial charge in [-0.2, -0.15) is 0 Å². The van der Waals surface area contributed by atoms with Crippen LogP contribution in [0.15, 0.2) is 0 Å². The van der Waals surface area contributed by atoms with Crippen LogP contribution in [0.25, 0.3) is 0 Å². The quantitative estimate of drug-likeness (QED) is 0.826. The molecule has 3 nitrogen and oxygen atoms in total. The van der Waals surface area contributed by atoms with E-state index >= 15 is 0 Å². The van der Waals surface area contributed by atoms with E-state index in [-0.39, 0.29) is 11.0 Å². The summed E-state index contributed by atoms with van der Waals surface area (Å²) >= 11 is 0. The number of rotatable bonds is 5. The van der Waals surface area contributed by atoms with Gasteiger partial charge in [0, 0.05) is 18.3 Å². The lowest BCUT2D eigenvalue weighted by molar-refractivity contribution is 0.239. The molecule has 1 fully saturated rings. The normalized spacial score (nSPS) is 20.7. The average molecular weight is 261 g/mol. The highest BCUT2D eigenvalue weighted by Gasteiger charge is 2.35. The van der Waals surface area contributed by atoms with Crippen molar-refractivity contribution >= 4 is 9.84 Å². The van der Waals surface area contributed by atoms with Crippen LogP contribution in [0.5, 0.6) is 0 Å². The zero-order valence-corrected chi connectivity index (χ0v) is 12.5. The number of hydrogen-bond donors (Lipinski definition) is 1. The van der Waals surface area contributed by atoms with Gasteiger partial charge in [-0.1, -0.05) is 12.8 Å². The van der Waals surface area contributed by atoms with E-state index in [0.29, 0.717) is 5.75 Å². The summed E-state index contributed by atoms with van der Waals surface area (Å²) in [6.45, 7) is 7.43. The van der Waals surface area contributed by atoms with Crippen LogP contribution in [0, 0.1) is 5.41 Å². The minimum absolute atomic E-state index is 0.112. The van der Waals surface area contributed by atoms with Crippen molar-refractivity contribution in [1.82, 2.24) is 5.32 Å². The topological polar surface area (TPSA) is 46.2 Å². The van der Waals surface area contributed by atoms with Crippen molar-refractivity contribution < 1.29 is 8.42 Å². The smallest absolute Gasteiger partial charge is 0.147 e. The molecule has 102 valence electrons. The van der Waals surface area contributed by atoms with E-state index in [1.807, 2.05) is 0 Å². The fraction of sp³-hybridized carbons (Fsp3) is 1.00. The fourth-order valence-corrected chi connectivity index (χ4v) is 3.30. The second-order valence-electron chi connectivity index (χ2n) is 6.69. The molecule has 0 spiro atoms.